The Morgan fingerprint density at radius 1 is 0.913 bits per heavy atom. The lowest BCUT2D eigenvalue weighted by molar-refractivity contribution is -0.144. The van der Waals surface area contributed by atoms with Gasteiger partial charge in [0.15, 0.2) is 19.0 Å². The van der Waals surface area contributed by atoms with Gasteiger partial charge in [0, 0.05) is 10.0 Å². The van der Waals surface area contributed by atoms with Gasteiger partial charge in [0.2, 0.25) is 0 Å². The minimum atomic E-state index is -0.605. The van der Waals surface area contributed by atoms with E-state index in [2.05, 4.69) is 15.9 Å². The van der Waals surface area contributed by atoms with Gasteiger partial charge in [-0.25, -0.2) is 4.79 Å². The zero-order chi connectivity index (χ0) is 16.7. The number of ether oxygens (including phenoxy) is 3. The maximum absolute atomic E-state index is 11.9. The first-order valence-corrected chi connectivity index (χ1v) is 7.59. The van der Waals surface area contributed by atoms with Crippen LogP contribution in [0.2, 0.25) is 0 Å². The molecule has 0 aliphatic heterocycles. The van der Waals surface area contributed by atoms with Crippen LogP contribution in [0.15, 0.2) is 53.0 Å². The summed E-state index contributed by atoms with van der Waals surface area (Å²) in [5, 5.41) is 0. The van der Waals surface area contributed by atoms with Crippen LogP contribution in [0.3, 0.4) is 0 Å². The molecule has 5 nitrogen and oxygen atoms in total. The van der Waals surface area contributed by atoms with E-state index < -0.39 is 5.97 Å². The summed E-state index contributed by atoms with van der Waals surface area (Å²) in [5.74, 6) is 0.337. The number of benzene rings is 2. The highest BCUT2D eigenvalue weighted by Crippen LogP contribution is 2.17. The molecule has 0 unspecified atom stereocenters. The number of hydrogen-bond acceptors (Lipinski definition) is 5. The van der Waals surface area contributed by atoms with Crippen LogP contribution in [-0.2, 0) is 9.53 Å². The van der Waals surface area contributed by atoms with Crippen molar-refractivity contribution in [1.82, 2.24) is 0 Å². The molecule has 0 saturated carbocycles. The monoisotopic (exact) mass is 378 g/mol. The first-order chi connectivity index (χ1) is 11.1. The van der Waals surface area contributed by atoms with Crippen LogP contribution >= 0.6 is 15.9 Å². The van der Waals surface area contributed by atoms with Crippen molar-refractivity contribution in [3.8, 4) is 11.5 Å². The van der Waals surface area contributed by atoms with Crippen LogP contribution in [0.5, 0.6) is 11.5 Å². The molecular formula is C17H15BrO5. The van der Waals surface area contributed by atoms with Gasteiger partial charge >= 0.3 is 5.97 Å². The van der Waals surface area contributed by atoms with E-state index in [-0.39, 0.29) is 19.0 Å². The van der Waals surface area contributed by atoms with Gasteiger partial charge < -0.3 is 14.2 Å². The number of carbonyl (C=O) groups is 2. The Kier molecular flexibility index (Phi) is 6.17. The zero-order valence-electron chi connectivity index (χ0n) is 12.5. The third-order valence-electron chi connectivity index (χ3n) is 2.95. The van der Waals surface area contributed by atoms with Crippen LogP contribution in [-0.4, -0.2) is 32.1 Å². The number of Topliss-reactive ketones (excluding diaryl/α,β-unsaturated/α-hetero) is 1. The average Bonchev–Trinajstić information content (AvgIpc) is 2.59. The number of halogens is 1. The largest absolute Gasteiger partial charge is 0.497 e. The predicted molar refractivity (Wildman–Crippen MR) is 87.9 cm³/mol. The molecule has 23 heavy (non-hydrogen) atoms. The summed E-state index contributed by atoms with van der Waals surface area (Å²) in [7, 11) is 1.57. The molecule has 0 amide bonds. The Bertz CT molecular complexity index is 664. The van der Waals surface area contributed by atoms with Crippen LogP contribution in [0, 0.1) is 0 Å². The number of methoxy groups -OCH3 is 1. The van der Waals surface area contributed by atoms with E-state index in [9.17, 15) is 9.59 Å². The van der Waals surface area contributed by atoms with Gasteiger partial charge in [-0.3, -0.25) is 4.79 Å². The minimum Gasteiger partial charge on any atom is -0.497 e. The summed E-state index contributed by atoms with van der Waals surface area (Å²) in [6.07, 6.45) is 0. The van der Waals surface area contributed by atoms with Crippen LogP contribution in [0.25, 0.3) is 0 Å². The Morgan fingerprint density at radius 2 is 1.52 bits per heavy atom. The Morgan fingerprint density at radius 3 is 2.13 bits per heavy atom. The molecule has 0 aromatic heterocycles. The lowest BCUT2D eigenvalue weighted by atomic mass is 10.1. The molecule has 0 N–H and O–H groups in total. The Hall–Kier alpha value is -2.34. The van der Waals surface area contributed by atoms with Gasteiger partial charge in [0.05, 0.1) is 7.11 Å². The van der Waals surface area contributed by atoms with Gasteiger partial charge in [0.25, 0.3) is 0 Å². The molecular weight excluding hydrogens is 364 g/mol. The van der Waals surface area contributed by atoms with Crippen LogP contribution < -0.4 is 9.47 Å². The molecule has 0 atom stereocenters. The Labute approximate surface area is 142 Å². The topological polar surface area (TPSA) is 61.8 Å². The van der Waals surface area contributed by atoms with E-state index in [0.717, 1.165) is 4.47 Å². The fourth-order valence-corrected chi connectivity index (χ4v) is 1.99. The van der Waals surface area contributed by atoms with Crippen LogP contribution in [0.4, 0.5) is 0 Å². The number of carbonyl (C=O) groups excluding carboxylic acids is 2. The first kappa shape index (κ1) is 17.0. The molecule has 2 aromatic rings. The smallest absolute Gasteiger partial charge is 0.344 e. The van der Waals surface area contributed by atoms with Gasteiger partial charge in [-0.05, 0) is 36.4 Å². The highest BCUT2D eigenvalue weighted by Gasteiger charge is 2.10. The maximum atomic E-state index is 11.9. The standard InChI is InChI=1S/C17H15BrO5/c1-21-14-6-8-15(9-7-14)22-11-17(20)23-10-16(19)12-2-4-13(18)5-3-12/h2-9H,10-11H2,1H3. The summed E-state index contributed by atoms with van der Waals surface area (Å²) in [6.45, 7) is -0.577. The van der Waals surface area contributed by atoms with Gasteiger partial charge in [0.1, 0.15) is 11.5 Å². The molecule has 0 bridgehead atoms. The summed E-state index contributed by atoms with van der Waals surface area (Å²) in [4.78, 5) is 23.5. The average molecular weight is 379 g/mol. The molecule has 6 heteroatoms. The van der Waals surface area contributed by atoms with Crippen LogP contribution in [0.1, 0.15) is 10.4 Å². The fourth-order valence-electron chi connectivity index (χ4n) is 1.72. The molecule has 0 aliphatic carbocycles. The number of ketones is 1. The molecule has 0 heterocycles. The third kappa shape index (κ3) is 5.41. The molecule has 0 saturated heterocycles. The molecule has 0 radical (unpaired) electrons. The summed E-state index contributed by atoms with van der Waals surface area (Å²) < 4.78 is 16.1. The minimum absolute atomic E-state index is 0.264. The molecule has 0 aliphatic rings. The predicted octanol–water partition coefficient (Wildman–Crippen LogP) is 3.26. The van der Waals surface area contributed by atoms with Crippen molar-refractivity contribution in [2.24, 2.45) is 0 Å². The van der Waals surface area contributed by atoms with E-state index in [1.165, 1.54) is 0 Å². The van der Waals surface area contributed by atoms with Crippen molar-refractivity contribution in [2.75, 3.05) is 20.3 Å². The second-order valence-electron chi connectivity index (χ2n) is 4.55. The lowest BCUT2D eigenvalue weighted by Crippen LogP contribution is -2.19. The zero-order valence-corrected chi connectivity index (χ0v) is 14.0. The van der Waals surface area contributed by atoms with E-state index in [1.807, 2.05) is 0 Å². The highest BCUT2D eigenvalue weighted by molar-refractivity contribution is 9.10. The van der Waals surface area contributed by atoms with Crippen molar-refractivity contribution in [3.63, 3.8) is 0 Å². The summed E-state index contributed by atoms with van der Waals surface area (Å²) in [6, 6.07) is 13.6. The quantitative estimate of drug-likeness (QED) is 0.546. The second kappa shape index (κ2) is 8.33. The van der Waals surface area contributed by atoms with Crippen molar-refractivity contribution in [3.05, 3.63) is 58.6 Å². The molecule has 2 rings (SSSR count). The molecule has 2 aromatic carbocycles. The number of rotatable bonds is 7. The fraction of sp³-hybridized carbons (Fsp3) is 0.176. The van der Waals surface area contributed by atoms with E-state index in [1.54, 1.807) is 55.6 Å². The molecule has 120 valence electrons. The Balaban J connectivity index is 1.76. The van der Waals surface area contributed by atoms with Crippen molar-refractivity contribution >= 4 is 27.7 Å². The van der Waals surface area contributed by atoms with Gasteiger partial charge in [-0.15, -0.1) is 0 Å². The molecule has 0 spiro atoms. The van der Waals surface area contributed by atoms with E-state index in [0.29, 0.717) is 17.1 Å². The van der Waals surface area contributed by atoms with E-state index in [4.69, 9.17) is 14.2 Å². The molecule has 0 fully saturated rings. The van der Waals surface area contributed by atoms with Gasteiger partial charge in [-0.1, -0.05) is 28.1 Å². The number of esters is 1. The van der Waals surface area contributed by atoms with E-state index >= 15 is 0 Å². The second-order valence-corrected chi connectivity index (χ2v) is 5.47. The maximum Gasteiger partial charge on any atom is 0.344 e. The number of hydrogen-bond donors (Lipinski definition) is 0. The summed E-state index contributed by atoms with van der Waals surface area (Å²) in [5.41, 5.74) is 0.483. The third-order valence-corrected chi connectivity index (χ3v) is 3.48. The SMILES string of the molecule is COc1ccc(OCC(=O)OCC(=O)c2ccc(Br)cc2)cc1. The van der Waals surface area contributed by atoms with Crippen molar-refractivity contribution < 1.29 is 23.8 Å². The summed E-state index contributed by atoms with van der Waals surface area (Å²) >= 11 is 3.29. The van der Waals surface area contributed by atoms with Crippen molar-refractivity contribution in [1.29, 1.82) is 0 Å². The normalized spacial score (nSPS) is 10.0. The first-order valence-electron chi connectivity index (χ1n) is 6.80. The van der Waals surface area contributed by atoms with Gasteiger partial charge in [-0.2, -0.15) is 0 Å². The van der Waals surface area contributed by atoms with Crippen molar-refractivity contribution in [2.45, 2.75) is 0 Å². The highest BCUT2D eigenvalue weighted by atomic mass is 79.9. The lowest BCUT2D eigenvalue weighted by Gasteiger charge is -2.07.